The summed E-state index contributed by atoms with van der Waals surface area (Å²) < 4.78 is 25.6. The quantitative estimate of drug-likeness (QED) is 0.893. The van der Waals surface area contributed by atoms with E-state index in [1.807, 2.05) is 0 Å². The number of sulfone groups is 1. The molecule has 112 valence electrons. The van der Waals surface area contributed by atoms with Gasteiger partial charge in [-0.05, 0) is 56.0 Å². The molecule has 21 heavy (non-hydrogen) atoms. The summed E-state index contributed by atoms with van der Waals surface area (Å²) >= 11 is 0. The van der Waals surface area contributed by atoms with Gasteiger partial charge in [0.05, 0.1) is 0 Å². The molecule has 4 nitrogen and oxygen atoms in total. The van der Waals surface area contributed by atoms with Gasteiger partial charge in [-0.1, -0.05) is 18.2 Å². The van der Waals surface area contributed by atoms with Gasteiger partial charge in [0.2, 0.25) is 9.84 Å². The Balaban J connectivity index is 2.81. The van der Waals surface area contributed by atoms with Crippen LogP contribution in [0.1, 0.15) is 22.3 Å². The van der Waals surface area contributed by atoms with Gasteiger partial charge in [0.15, 0.2) is 0 Å². The van der Waals surface area contributed by atoms with Crippen molar-refractivity contribution in [3.05, 3.63) is 46.5 Å². The molecule has 5 heteroatoms. The number of aryl methyl sites for hydroxylation is 3. The molecule has 0 amide bonds. The SMILES string of the molecule is Cc1ccc(S(=O)(=O)c2c(C)ccc(C)c2O)c(O)c1C. The molecule has 0 radical (unpaired) electrons. The van der Waals surface area contributed by atoms with E-state index in [1.54, 1.807) is 45.9 Å². The van der Waals surface area contributed by atoms with Crippen molar-refractivity contribution in [3.63, 3.8) is 0 Å². The van der Waals surface area contributed by atoms with E-state index in [9.17, 15) is 18.6 Å². The molecule has 2 aromatic rings. The predicted molar refractivity (Wildman–Crippen MR) is 80.6 cm³/mol. The van der Waals surface area contributed by atoms with Crippen molar-refractivity contribution in [1.29, 1.82) is 0 Å². The molecule has 0 aliphatic rings. The van der Waals surface area contributed by atoms with Crippen molar-refractivity contribution < 1.29 is 18.6 Å². The summed E-state index contributed by atoms with van der Waals surface area (Å²) in [5.74, 6) is -0.539. The first-order valence-corrected chi connectivity index (χ1v) is 7.99. The maximum atomic E-state index is 12.8. The number of phenols is 2. The fourth-order valence-corrected chi connectivity index (χ4v) is 3.99. The van der Waals surface area contributed by atoms with Crippen LogP contribution in [0.5, 0.6) is 11.5 Å². The molecular formula is C16H18O4S. The normalized spacial score (nSPS) is 11.6. The number of hydrogen-bond donors (Lipinski definition) is 2. The molecule has 0 saturated heterocycles. The highest BCUT2D eigenvalue weighted by Crippen LogP contribution is 2.38. The molecule has 0 aliphatic carbocycles. The first kappa shape index (κ1) is 15.4. The molecule has 0 spiro atoms. The van der Waals surface area contributed by atoms with Crippen LogP contribution in [0.3, 0.4) is 0 Å². The minimum Gasteiger partial charge on any atom is -0.506 e. The molecule has 0 aliphatic heterocycles. The molecule has 0 atom stereocenters. The zero-order chi connectivity index (χ0) is 15.9. The number of phenolic OH excluding ortho intramolecular Hbond substituents is 2. The predicted octanol–water partition coefficient (Wildman–Crippen LogP) is 3.16. The molecule has 0 aromatic heterocycles. The molecular weight excluding hydrogens is 288 g/mol. The molecule has 2 aromatic carbocycles. The van der Waals surface area contributed by atoms with E-state index in [1.165, 1.54) is 6.07 Å². The summed E-state index contributed by atoms with van der Waals surface area (Å²) in [4.78, 5) is -0.337. The summed E-state index contributed by atoms with van der Waals surface area (Å²) in [6.45, 7) is 6.70. The van der Waals surface area contributed by atoms with E-state index in [0.717, 1.165) is 5.56 Å². The highest BCUT2D eigenvalue weighted by molar-refractivity contribution is 7.91. The second-order valence-electron chi connectivity index (χ2n) is 5.23. The van der Waals surface area contributed by atoms with Crippen molar-refractivity contribution in [2.75, 3.05) is 0 Å². The highest BCUT2D eigenvalue weighted by atomic mass is 32.2. The van der Waals surface area contributed by atoms with Gasteiger partial charge in [0, 0.05) is 0 Å². The van der Waals surface area contributed by atoms with Crippen LogP contribution >= 0.6 is 0 Å². The Hall–Kier alpha value is -2.01. The van der Waals surface area contributed by atoms with Gasteiger partial charge >= 0.3 is 0 Å². The highest BCUT2D eigenvalue weighted by Gasteiger charge is 2.28. The number of aromatic hydroxyl groups is 2. The van der Waals surface area contributed by atoms with Gasteiger partial charge in [-0.15, -0.1) is 0 Å². The fraction of sp³-hybridized carbons (Fsp3) is 0.250. The van der Waals surface area contributed by atoms with Gasteiger partial charge in [-0.2, -0.15) is 0 Å². The third-order valence-corrected chi connectivity index (χ3v) is 5.71. The van der Waals surface area contributed by atoms with Crippen molar-refractivity contribution in [3.8, 4) is 11.5 Å². The molecule has 0 unspecified atom stereocenters. The average molecular weight is 306 g/mol. The van der Waals surface area contributed by atoms with Crippen LogP contribution < -0.4 is 0 Å². The van der Waals surface area contributed by atoms with Gasteiger partial charge in [0.25, 0.3) is 0 Å². The Bertz CT molecular complexity index is 821. The van der Waals surface area contributed by atoms with Crippen LogP contribution in [0, 0.1) is 27.7 Å². The first-order valence-electron chi connectivity index (χ1n) is 6.51. The lowest BCUT2D eigenvalue weighted by Crippen LogP contribution is -2.06. The summed E-state index contributed by atoms with van der Waals surface area (Å²) in [6, 6.07) is 6.31. The minimum absolute atomic E-state index is 0.152. The van der Waals surface area contributed by atoms with Crippen molar-refractivity contribution in [2.45, 2.75) is 37.5 Å². The Morgan fingerprint density at radius 2 is 1.29 bits per heavy atom. The van der Waals surface area contributed by atoms with E-state index in [0.29, 0.717) is 16.7 Å². The Kier molecular flexibility index (Phi) is 3.72. The van der Waals surface area contributed by atoms with Crippen LogP contribution in [-0.2, 0) is 9.84 Å². The van der Waals surface area contributed by atoms with Gasteiger partial charge in [0.1, 0.15) is 21.3 Å². The average Bonchev–Trinajstić information content (AvgIpc) is 2.40. The largest absolute Gasteiger partial charge is 0.506 e. The van der Waals surface area contributed by atoms with E-state index in [-0.39, 0.29) is 21.3 Å². The molecule has 0 fully saturated rings. The van der Waals surface area contributed by atoms with E-state index >= 15 is 0 Å². The standard InChI is InChI=1S/C16H18O4S/c1-9-7-8-13(15(18)12(9)4)21(19,20)16-11(3)6-5-10(2)14(16)17/h5-8,17-18H,1-4H3. The maximum Gasteiger partial charge on any atom is 0.214 e. The summed E-state index contributed by atoms with van der Waals surface area (Å²) in [5.41, 5.74) is 2.23. The van der Waals surface area contributed by atoms with Gasteiger partial charge in [-0.3, -0.25) is 0 Å². The van der Waals surface area contributed by atoms with E-state index in [4.69, 9.17) is 0 Å². The van der Waals surface area contributed by atoms with Crippen LogP contribution in [0.4, 0.5) is 0 Å². The number of hydrogen-bond acceptors (Lipinski definition) is 4. The second kappa shape index (κ2) is 5.07. The zero-order valence-corrected chi connectivity index (χ0v) is 13.2. The summed E-state index contributed by atoms with van der Waals surface area (Å²) in [5, 5.41) is 20.3. The fourth-order valence-electron chi connectivity index (χ4n) is 2.21. The molecule has 0 saturated carbocycles. The monoisotopic (exact) mass is 306 g/mol. The zero-order valence-electron chi connectivity index (χ0n) is 12.4. The number of benzene rings is 2. The van der Waals surface area contributed by atoms with E-state index < -0.39 is 9.84 Å². The van der Waals surface area contributed by atoms with Crippen molar-refractivity contribution in [1.82, 2.24) is 0 Å². The van der Waals surface area contributed by atoms with E-state index in [2.05, 4.69) is 0 Å². The van der Waals surface area contributed by atoms with Crippen LogP contribution in [-0.4, -0.2) is 18.6 Å². The third kappa shape index (κ3) is 2.38. The lowest BCUT2D eigenvalue weighted by Gasteiger charge is -2.14. The summed E-state index contributed by atoms with van der Waals surface area (Å²) in [7, 11) is -3.99. The Morgan fingerprint density at radius 1 is 0.762 bits per heavy atom. The topological polar surface area (TPSA) is 74.6 Å². The van der Waals surface area contributed by atoms with Gasteiger partial charge in [-0.25, -0.2) is 8.42 Å². The lowest BCUT2D eigenvalue weighted by molar-refractivity contribution is 0.447. The molecule has 0 bridgehead atoms. The minimum atomic E-state index is -3.99. The smallest absolute Gasteiger partial charge is 0.214 e. The Morgan fingerprint density at radius 3 is 1.90 bits per heavy atom. The second-order valence-corrected chi connectivity index (χ2v) is 7.09. The Labute approximate surface area is 124 Å². The molecule has 2 N–H and O–H groups in total. The van der Waals surface area contributed by atoms with Crippen molar-refractivity contribution in [2.24, 2.45) is 0 Å². The number of rotatable bonds is 2. The van der Waals surface area contributed by atoms with Crippen LogP contribution in [0.2, 0.25) is 0 Å². The maximum absolute atomic E-state index is 12.8. The first-order chi connectivity index (χ1) is 9.67. The van der Waals surface area contributed by atoms with Crippen molar-refractivity contribution >= 4 is 9.84 Å². The third-order valence-electron chi connectivity index (χ3n) is 3.75. The summed E-state index contributed by atoms with van der Waals surface area (Å²) in [6.07, 6.45) is 0. The van der Waals surface area contributed by atoms with Gasteiger partial charge < -0.3 is 10.2 Å². The lowest BCUT2D eigenvalue weighted by atomic mass is 10.1. The van der Waals surface area contributed by atoms with Crippen LogP contribution in [0.25, 0.3) is 0 Å². The van der Waals surface area contributed by atoms with Crippen LogP contribution in [0.15, 0.2) is 34.1 Å². The molecule has 2 rings (SSSR count). The molecule has 0 heterocycles.